The molecule has 0 spiro atoms. The monoisotopic (exact) mass is 344 g/mol. The Labute approximate surface area is 149 Å². The molecule has 1 aliphatic carbocycles. The van der Waals surface area contributed by atoms with Crippen LogP contribution in [-0.2, 0) is 19.9 Å². The highest BCUT2D eigenvalue weighted by molar-refractivity contribution is 5.84. The summed E-state index contributed by atoms with van der Waals surface area (Å²) in [5.41, 5.74) is 0.447. The lowest BCUT2D eigenvalue weighted by atomic mass is 9.90. The Hall–Kier alpha value is -1.88. The predicted octanol–water partition coefficient (Wildman–Crippen LogP) is 2.31. The lowest BCUT2D eigenvalue weighted by Crippen LogP contribution is -2.52. The highest BCUT2D eigenvalue weighted by atomic mass is 16.5. The van der Waals surface area contributed by atoms with Crippen molar-refractivity contribution in [2.75, 3.05) is 26.8 Å². The molecular weight excluding hydrogens is 316 g/mol. The van der Waals surface area contributed by atoms with Crippen molar-refractivity contribution in [1.29, 1.82) is 0 Å². The zero-order valence-corrected chi connectivity index (χ0v) is 15.2. The first kappa shape index (κ1) is 17.9. The normalized spacial score (nSPS) is 23.0. The summed E-state index contributed by atoms with van der Waals surface area (Å²) in [5, 5.41) is 3.18. The fraction of sp³-hybridized carbons (Fsp3) is 0.600. The van der Waals surface area contributed by atoms with Crippen LogP contribution in [0, 0.1) is 11.8 Å². The Bertz CT molecular complexity index is 615. The zero-order valence-electron chi connectivity index (χ0n) is 15.2. The average Bonchev–Trinajstić information content (AvgIpc) is 3.47. The van der Waals surface area contributed by atoms with E-state index in [9.17, 15) is 9.59 Å². The smallest absolute Gasteiger partial charge is 0.225 e. The molecule has 5 nitrogen and oxygen atoms in total. The number of methoxy groups -OCH3 is 1. The Balaban J connectivity index is 1.67. The van der Waals surface area contributed by atoms with Crippen molar-refractivity contribution in [3.05, 3.63) is 35.9 Å². The van der Waals surface area contributed by atoms with Crippen molar-refractivity contribution in [3.63, 3.8) is 0 Å². The van der Waals surface area contributed by atoms with Crippen LogP contribution >= 0.6 is 0 Å². The van der Waals surface area contributed by atoms with Gasteiger partial charge in [-0.05, 0) is 38.2 Å². The summed E-state index contributed by atoms with van der Waals surface area (Å²) in [4.78, 5) is 27.1. The van der Waals surface area contributed by atoms with E-state index in [0.29, 0.717) is 13.2 Å². The molecule has 1 aromatic carbocycles. The summed E-state index contributed by atoms with van der Waals surface area (Å²) >= 11 is 0. The number of rotatable bonds is 6. The number of amides is 2. The molecule has 2 fully saturated rings. The van der Waals surface area contributed by atoms with Crippen LogP contribution in [0.5, 0.6) is 0 Å². The molecule has 136 valence electrons. The van der Waals surface area contributed by atoms with Gasteiger partial charge in [-0.15, -0.1) is 0 Å². The number of piperidine rings is 1. The van der Waals surface area contributed by atoms with Gasteiger partial charge in [-0.25, -0.2) is 0 Å². The zero-order chi connectivity index (χ0) is 17.9. The topological polar surface area (TPSA) is 58.6 Å². The standard InChI is InChI=1S/C20H28N2O3/c1-20(14-25-2,17-8-4-3-5-9-17)21-18(23)16-7-6-12-22(13-16)19(24)15-10-11-15/h3-5,8-9,15-16H,6-7,10-14H2,1-2H3,(H,21,23)/t16-,20-/m1/s1. The van der Waals surface area contributed by atoms with Gasteiger partial charge in [0.25, 0.3) is 0 Å². The molecule has 2 amide bonds. The third-order valence-electron chi connectivity index (χ3n) is 5.27. The average molecular weight is 344 g/mol. The summed E-state index contributed by atoms with van der Waals surface area (Å²) < 4.78 is 5.37. The second-order valence-electron chi connectivity index (χ2n) is 7.52. The SMILES string of the molecule is COC[C@@](C)(NC(=O)[C@@H]1CCCN(C(=O)C2CC2)C1)c1ccccc1. The van der Waals surface area contributed by atoms with Gasteiger partial charge in [0, 0.05) is 26.1 Å². The van der Waals surface area contributed by atoms with Gasteiger partial charge in [-0.2, -0.15) is 0 Å². The van der Waals surface area contributed by atoms with E-state index in [2.05, 4.69) is 5.32 Å². The van der Waals surface area contributed by atoms with Crippen LogP contribution < -0.4 is 5.32 Å². The van der Waals surface area contributed by atoms with Gasteiger partial charge in [0.15, 0.2) is 0 Å². The van der Waals surface area contributed by atoms with Crippen LogP contribution in [-0.4, -0.2) is 43.5 Å². The van der Waals surface area contributed by atoms with E-state index in [4.69, 9.17) is 4.74 Å². The maximum absolute atomic E-state index is 12.9. The van der Waals surface area contributed by atoms with Gasteiger partial charge in [-0.1, -0.05) is 30.3 Å². The molecule has 1 saturated carbocycles. The van der Waals surface area contributed by atoms with Gasteiger partial charge in [0.05, 0.1) is 18.1 Å². The highest BCUT2D eigenvalue weighted by Crippen LogP contribution is 2.32. The summed E-state index contributed by atoms with van der Waals surface area (Å²) in [5.74, 6) is 0.318. The molecule has 1 aliphatic heterocycles. The molecule has 1 aromatic rings. The molecule has 3 rings (SSSR count). The van der Waals surface area contributed by atoms with Crippen LogP contribution in [0.1, 0.15) is 38.2 Å². The lowest BCUT2D eigenvalue weighted by Gasteiger charge is -2.36. The molecule has 0 aromatic heterocycles. The van der Waals surface area contributed by atoms with E-state index in [1.165, 1.54) is 0 Å². The van der Waals surface area contributed by atoms with E-state index >= 15 is 0 Å². The van der Waals surface area contributed by atoms with Gasteiger partial charge in [0.1, 0.15) is 0 Å². The number of nitrogens with zero attached hydrogens (tertiary/aromatic N) is 1. The minimum atomic E-state index is -0.574. The third kappa shape index (κ3) is 4.21. The van der Waals surface area contributed by atoms with Crippen molar-refractivity contribution >= 4 is 11.8 Å². The van der Waals surface area contributed by atoms with Crippen LogP contribution in [0.4, 0.5) is 0 Å². The van der Waals surface area contributed by atoms with Crippen LogP contribution in [0.15, 0.2) is 30.3 Å². The minimum Gasteiger partial charge on any atom is -0.382 e. The van der Waals surface area contributed by atoms with Crippen LogP contribution in [0.25, 0.3) is 0 Å². The van der Waals surface area contributed by atoms with Crippen molar-refractivity contribution in [2.45, 2.75) is 38.1 Å². The van der Waals surface area contributed by atoms with Crippen molar-refractivity contribution in [1.82, 2.24) is 10.2 Å². The number of ether oxygens (including phenoxy) is 1. The van der Waals surface area contributed by atoms with Gasteiger partial charge >= 0.3 is 0 Å². The number of carbonyl (C=O) groups excluding carboxylic acids is 2. The van der Waals surface area contributed by atoms with E-state index < -0.39 is 5.54 Å². The molecule has 1 N–H and O–H groups in total. The number of likely N-dealkylation sites (tertiary alicyclic amines) is 1. The van der Waals surface area contributed by atoms with Gasteiger partial charge in [-0.3, -0.25) is 9.59 Å². The van der Waals surface area contributed by atoms with E-state index in [0.717, 1.165) is 37.8 Å². The Kier molecular flexibility index (Phi) is 5.42. The van der Waals surface area contributed by atoms with Crippen molar-refractivity contribution in [3.8, 4) is 0 Å². The quantitative estimate of drug-likeness (QED) is 0.861. The summed E-state index contributed by atoms with van der Waals surface area (Å²) in [7, 11) is 1.64. The van der Waals surface area contributed by atoms with Crippen molar-refractivity contribution in [2.24, 2.45) is 11.8 Å². The van der Waals surface area contributed by atoms with E-state index in [1.807, 2.05) is 42.2 Å². The number of nitrogens with one attached hydrogen (secondary N) is 1. The second-order valence-corrected chi connectivity index (χ2v) is 7.52. The first-order chi connectivity index (χ1) is 12.0. The molecule has 0 bridgehead atoms. The molecule has 0 unspecified atom stereocenters. The largest absolute Gasteiger partial charge is 0.382 e. The molecule has 5 heteroatoms. The summed E-state index contributed by atoms with van der Waals surface area (Å²) in [6.45, 7) is 3.71. The van der Waals surface area contributed by atoms with Crippen molar-refractivity contribution < 1.29 is 14.3 Å². The lowest BCUT2D eigenvalue weighted by molar-refractivity contribution is -0.137. The molecule has 25 heavy (non-hydrogen) atoms. The molecule has 1 saturated heterocycles. The second kappa shape index (κ2) is 7.56. The van der Waals surface area contributed by atoms with Crippen LogP contribution in [0.2, 0.25) is 0 Å². The molecule has 2 aliphatic rings. The molecule has 1 heterocycles. The number of hydrogen-bond donors (Lipinski definition) is 1. The summed E-state index contributed by atoms with van der Waals surface area (Å²) in [6, 6.07) is 9.89. The third-order valence-corrected chi connectivity index (χ3v) is 5.27. The summed E-state index contributed by atoms with van der Waals surface area (Å²) in [6.07, 6.45) is 3.74. The van der Waals surface area contributed by atoms with Gasteiger partial charge < -0.3 is 15.0 Å². The number of carbonyl (C=O) groups is 2. The number of hydrogen-bond acceptors (Lipinski definition) is 3. The Morgan fingerprint density at radius 1 is 1.20 bits per heavy atom. The Morgan fingerprint density at radius 2 is 1.92 bits per heavy atom. The minimum absolute atomic E-state index is 0.0108. The van der Waals surface area contributed by atoms with Crippen LogP contribution in [0.3, 0.4) is 0 Å². The van der Waals surface area contributed by atoms with Gasteiger partial charge in [0.2, 0.25) is 11.8 Å². The van der Waals surface area contributed by atoms with E-state index in [1.54, 1.807) is 7.11 Å². The molecule has 2 atom stereocenters. The Morgan fingerprint density at radius 3 is 2.56 bits per heavy atom. The maximum atomic E-state index is 12.9. The molecular formula is C20H28N2O3. The first-order valence-electron chi connectivity index (χ1n) is 9.19. The predicted molar refractivity (Wildman–Crippen MR) is 95.8 cm³/mol. The molecule has 0 radical (unpaired) electrons. The fourth-order valence-corrected chi connectivity index (χ4v) is 3.64. The first-order valence-corrected chi connectivity index (χ1v) is 9.19. The maximum Gasteiger partial charge on any atom is 0.225 e. The fourth-order valence-electron chi connectivity index (χ4n) is 3.64. The van der Waals surface area contributed by atoms with E-state index in [-0.39, 0.29) is 23.7 Å². The number of benzene rings is 1. The highest BCUT2D eigenvalue weighted by Gasteiger charge is 2.38.